The summed E-state index contributed by atoms with van der Waals surface area (Å²) < 4.78 is 1.62. The van der Waals surface area contributed by atoms with Crippen molar-refractivity contribution >= 4 is 17.7 Å². The molecule has 2 aromatic rings. The van der Waals surface area contributed by atoms with Gasteiger partial charge in [0.15, 0.2) is 0 Å². The van der Waals surface area contributed by atoms with Crippen LogP contribution in [0.3, 0.4) is 0 Å². The molecule has 0 saturated heterocycles. The second-order valence-corrected chi connectivity index (χ2v) is 16.6. The van der Waals surface area contributed by atoms with E-state index in [2.05, 4.69) is 59.7 Å². The molecule has 86 valence electrons. The Labute approximate surface area is 106 Å². The minimum atomic E-state index is -1.68. The van der Waals surface area contributed by atoms with Gasteiger partial charge in [-0.25, -0.2) is 0 Å². The molecule has 0 bridgehead atoms. The SMILES string of the molecule is [CH3][Ge]([CH3])([CH3])[c]1ccc2c(c1)Cc1ccccc1-2. The summed E-state index contributed by atoms with van der Waals surface area (Å²) >= 11 is -1.68. The third-order valence-electron chi connectivity index (χ3n) is 3.66. The van der Waals surface area contributed by atoms with E-state index in [4.69, 9.17) is 0 Å². The van der Waals surface area contributed by atoms with Crippen LogP contribution in [0.25, 0.3) is 11.1 Å². The fourth-order valence-electron chi connectivity index (χ4n) is 2.61. The first-order valence-corrected chi connectivity index (χ1v) is 13.6. The maximum absolute atomic E-state index is 2.47. The van der Waals surface area contributed by atoms with Crippen molar-refractivity contribution < 1.29 is 0 Å². The average Bonchev–Trinajstić information content (AvgIpc) is 2.65. The van der Waals surface area contributed by atoms with E-state index >= 15 is 0 Å². The first kappa shape index (κ1) is 11.1. The van der Waals surface area contributed by atoms with Gasteiger partial charge in [0.2, 0.25) is 0 Å². The van der Waals surface area contributed by atoms with Gasteiger partial charge in [-0.05, 0) is 0 Å². The van der Waals surface area contributed by atoms with E-state index in [9.17, 15) is 0 Å². The van der Waals surface area contributed by atoms with Crippen molar-refractivity contribution in [3.63, 3.8) is 0 Å². The van der Waals surface area contributed by atoms with E-state index in [1.54, 1.807) is 4.40 Å². The fourth-order valence-corrected chi connectivity index (χ4v) is 5.11. The number of hydrogen-bond donors (Lipinski definition) is 0. The second kappa shape index (κ2) is 3.74. The van der Waals surface area contributed by atoms with E-state index in [1.807, 2.05) is 0 Å². The molecule has 1 aliphatic rings. The fraction of sp³-hybridized carbons (Fsp3) is 0.250. The van der Waals surface area contributed by atoms with Crippen LogP contribution in [-0.2, 0) is 6.42 Å². The molecule has 1 heteroatoms. The van der Waals surface area contributed by atoms with Gasteiger partial charge in [-0.3, -0.25) is 0 Å². The Bertz CT molecular complexity index is 576. The molecule has 1 aliphatic carbocycles. The molecule has 17 heavy (non-hydrogen) atoms. The van der Waals surface area contributed by atoms with Crippen LogP contribution in [0, 0.1) is 0 Å². The Kier molecular flexibility index (Phi) is 2.44. The molecule has 0 heterocycles. The number of rotatable bonds is 1. The van der Waals surface area contributed by atoms with Gasteiger partial charge in [0.25, 0.3) is 0 Å². The van der Waals surface area contributed by atoms with Crippen LogP contribution in [0.1, 0.15) is 11.1 Å². The molecule has 0 nitrogen and oxygen atoms in total. The molecule has 2 aromatic carbocycles. The predicted molar refractivity (Wildman–Crippen MR) is 77.7 cm³/mol. The number of fused-ring (bicyclic) bond motifs is 3. The van der Waals surface area contributed by atoms with Crippen LogP contribution in [0.5, 0.6) is 0 Å². The van der Waals surface area contributed by atoms with Crippen molar-refractivity contribution in [2.24, 2.45) is 0 Å². The molecule has 0 atom stereocenters. The Morgan fingerprint density at radius 1 is 0.824 bits per heavy atom. The Hall–Kier alpha value is -1.02. The third-order valence-corrected chi connectivity index (χ3v) is 7.95. The molecule has 0 aliphatic heterocycles. The van der Waals surface area contributed by atoms with Crippen LogP contribution < -0.4 is 4.40 Å². The third kappa shape index (κ3) is 1.85. The molecular weight excluding hydrogens is 265 g/mol. The van der Waals surface area contributed by atoms with E-state index in [0.29, 0.717) is 0 Å². The molecular formula is C16H18Ge. The van der Waals surface area contributed by atoms with Crippen LogP contribution in [0.2, 0.25) is 17.3 Å². The van der Waals surface area contributed by atoms with Gasteiger partial charge in [-0.1, -0.05) is 0 Å². The summed E-state index contributed by atoms with van der Waals surface area (Å²) in [6, 6.07) is 16.0. The van der Waals surface area contributed by atoms with Crippen molar-refractivity contribution in [3.8, 4) is 11.1 Å². The average molecular weight is 283 g/mol. The zero-order valence-electron chi connectivity index (χ0n) is 10.7. The van der Waals surface area contributed by atoms with Gasteiger partial charge in [-0.2, -0.15) is 0 Å². The zero-order chi connectivity index (χ0) is 12.0. The molecule has 0 saturated carbocycles. The van der Waals surface area contributed by atoms with Crippen LogP contribution in [0.15, 0.2) is 42.5 Å². The second-order valence-electron chi connectivity index (χ2n) is 5.96. The molecule has 3 rings (SSSR count). The summed E-state index contributed by atoms with van der Waals surface area (Å²) in [6.45, 7) is 0. The van der Waals surface area contributed by atoms with Crippen LogP contribution in [0.4, 0.5) is 0 Å². The molecule has 0 fully saturated rings. The molecule has 0 aromatic heterocycles. The summed E-state index contributed by atoms with van der Waals surface area (Å²) in [5.41, 5.74) is 5.91. The van der Waals surface area contributed by atoms with Crippen LogP contribution in [-0.4, -0.2) is 13.3 Å². The first-order chi connectivity index (χ1) is 8.05. The summed E-state index contributed by atoms with van der Waals surface area (Å²) in [5.74, 6) is 7.39. The standard InChI is InChI=1S/C16H18Ge/c1-17(2,3)14-8-9-16-13(11-14)10-12-6-4-5-7-15(12)16/h4-9,11H,10H2,1-3H3. The van der Waals surface area contributed by atoms with Crippen LogP contribution >= 0.6 is 0 Å². The van der Waals surface area contributed by atoms with Crippen molar-refractivity contribution in [3.05, 3.63) is 53.6 Å². The maximum atomic E-state index is 2.47. The summed E-state index contributed by atoms with van der Waals surface area (Å²) in [5, 5.41) is 0. The molecule has 0 unspecified atom stereocenters. The van der Waals surface area contributed by atoms with Gasteiger partial charge in [0, 0.05) is 0 Å². The van der Waals surface area contributed by atoms with Gasteiger partial charge in [-0.15, -0.1) is 0 Å². The van der Waals surface area contributed by atoms with Crippen molar-refractivity contribution in [1.82, 2.24) is 0 Å². The minimum absolute atomic E-state index is 1.12. The summed E-state index contributed by atoms with van der Waals surface area (Å²) in [7, 11) is 0. The molecule has 0 radical (unpaired) electrons. The predicted octanol–water partition coefficient (Wildman–Crippen LogP) is 3.80. The Balaban J connectivity index is 2.13. The van der Waals surface area contributed by atoms with Gasteiger partial charge < -0.3 is 0 Å². The zero-order valence-corrected chi connectivity index (χ0v) is 12.8. The van der Waals surface area contributed by atoms with Crippen molar-refractivity contribution in [1.29, 1.82) is 0 Å². The summed E-state index contributed by atoms with van der Waals surface area (Å²) in [4.78, 5) is 0. The van der Waals surface area contributed by atoms with Gasteiger partial charge in [0.1, 0.15) is 0 Å². The van der Waals surface area contributed by atoms with Crippen molar-refractivity contribution in [2.45, 2.75) is 23.7 Å². The summed E-state index contributed by atoms with van der Waals surface area (Å²) in [6.07, 6.45) is 1.12. The number of hydrogen-bond acceptors (Lipinski definition) is 0. The Morgan fingerprint density at radius 3 is 2.29 bits per heavy atom. The van der Waals surface area contributed by atoms with Gasteiger partial charge >= 0.3 is 106 Å². The monoisotopic (exact) mass is 284 g/mol. The topological polar surface area (TPSA) is 0 Å². The van der Waals surface area contributed by atoms with E-state index in [-0.39, 0.29) is 0 Å². The molecule has 0 amide bonds. The normalized spacial score (nSPS) is 13.4. The quantitative estimate of drug-likeness (QED) is 0.596. The molecule has 0 N–H and O–H groups in total. The first-order valence-electron chi connectivity index (χ1n) is 6.27. The van der Waals surface area contributed by atoms with E-state index in [1.165, 1.54) is 22.3 Å². The Morgan fingerprint density at radius 2 is 1.53 bits per heavy atom. The van der Waals surface area contributed by atoms with Crippen molar-refractivity contribution in [2.75, 3.05) is 0 Å². The van der Waals surface area contributed by atoms with Gasteiger partial charge in [0.05, 0.1) is 0 Å². The number of benzene rings is 2. The van der Waals surface area contributed by atoms with E-state index < -0.39 is 13.3 Å². The van der Waals surface area contributed by atoms with E-state index in [0.717, 1.165) is 6.42 Å². The molecule has 0 spiro atoms.